The minimum atomic E-state index is -0.904. The van der Waals surface area contributed by atoms with Crippen LogP contribution in [-0.2, 0) is 14.4 Å². The summed E-state index contributed by atoms with van der Waals surface area (Å²) in [5.41, 5.74) is 3.65. The van der Waals surface area contributed by atoms with Gasteiger partial charge in [-0.3, -0.25) is 14.4 Å². The average Bonchev–Trinajstić information content (AvgIpc) is 3.28. The second-order valence-electron chi connectivity index (χ2n) is 12.7. The molecule has 1 spiro atoms. The number of aryl methyl sites for hydroxylation is 2. The number of ether oxygens (including phenoxy) is 1. The number of hydrogen-bond acceptors (Lipinski definition) is 6. The molecule has 3 amide bonds. The van der Waals surface area contributed by atoms with Gasteiger partial charge in [0.05, 0.1) is 23.2 Å². The number of anilines is 2. The lowest BCUT2D eigenvalue weighted by Gasteiger charge is -2.37. The zero-order chi connectivity index (χ0) is 31.9. The van der Waals surface area contributed by atoms with Crippen LogP contribution in [0.5, 0.6) is 5.75 Å². The van der Waals surface area contributed by atoms with Crippen molar-refractivity contribution in [3.63, 3.8) is 0 Å². The second-order valence-corrected chi connectivity index (χ2v) is 14.5. The van der Waals surface area contributed by atoms with Crippen LogP contribution in [0.15, 0.2) is 66.8 Å². The first kappa shape index (κ1) is 31.4. The van der Waals surface area contributed by atoms with Crippen LogP contribution in [0.2, 0.25) is 0 Å². The number of likely N-dealkylation sites (tertiary alicyclic amines) is 1. The molecule has 2 aromatic carbocycles. The number of fused-ring (bicyclic) bond motifs is 2. The third-order valence-corrected chi connectivity index (χ3v) is 11.5. The van der Waals surface area contributed by atoms with Crippen LogP contribution in [0.3, 0.4) is 0 Å². The van der Waals surface area contributed by atoms with Crippen molar-refractivity contribution in [2.75, 3.05) is 42.6 Å². The molecule has 238 valence electrons. The van der Waals surface area contributed by atoms with Crippen molar-refractivity contribution in [3.05, 3.63) is 77.9 Å². The van der Waals surface area contributed by atoms with Gasteiger partial charge in [0.1, 0.15) is 11.8 Å². The average molecular weight is 630 g/mol. The Morgan fingerprint density at radius 3 is 2.36 bits per heavy atom. The number of amides is 3. The van der Waals surface area contributed by atoms with Crippen LogP contribution in [0, 0.1) is 25.7 Å². The van der Waals surface area contributed by atoms with Crippen LogP contribution in [0.25, 0.3) is 0 Å². The second kappa shape index (κ2) is 12.3. The molecule has 9 heteroatoms. The Labute approximate surface area is 270 Å². The largest absolute Gasteiger partial charge is 0.494 e. The van der Waals surface area contributed by atoms with Crippen molar-refractivity contribution in [1.82, 2.24) is 4.90 Å². The maximum absolute atomic E-state index is 14.8. The standard InChI is InChI=1S/C36H43N3O5S/c1-5-44-27-15-13-26(14-16-27)37-20-9-17-35(4)29(32(37)41)30-33(42)39(19-7-6-8-22-40)31-34(43)38(21-10-18-36(30,31)45-35)28-23-24(2)11-12-25(28)3/h9-18,23,29-31,40H,5-8,19-22H2,1-4H3/t29-,30-,31?,35+,36-/m0/s1. The van der Waals surface area contributed by atoms with E-state index in [1.807, 2.05) is 87.2 Å². The monoisotopic (exact) mass is 629 g/mol. The van der Waals surface area contributed by atoms with Crippen LogP contribution in [0.4, 0.5) is 11.4 Å². The summed E-state index contributed by atoms with van der Waals surface area (Å²) in [7, 11) is 0. The van der Waals surface area contributed by atoms with E-state index in [0.717, 1.165) is 34.7 Å². The fourth-order valence-corrected chi connectivity index (χ4v) is 9.84. The van der Waals surface area contributed by atoms with Gasteiger partial charge in [0, 0.05) is 42.4 Å². The molecule has 5 atom stereocenters. The van der Waals surface area contributed by atoms with Crippen LogP contribution < -0.4 is 14.5 Å². The van der Waals surface area contributed by atoms with Gasteiger partial charge in [-0.2, -0.15) is 0 Å². The smallest absolute Gasteiger partial charge is 0.251 e. The first-order chi connectivity index (χ1) is 21.6. The van der Waals surface area contributed by atoms with Crippen molar-refractivity contribution in [2.24, 2.45) is 11.8 Å². The highest BCUT2D eigenvalue weighted by atomic mass is 32.2. The number of hydrogen-bond donors (Lipinski definition) is 1. The normalized spacial score (nSPS) is 29.0. The fourth-order valence-electron chi connectivity index (χ4n) is 7.68. The van der Waals surface area contributed by atoms with Crippen molar-refractivity contribution in [2.45, 2.75) is 62.5 Å². The molecule has 4 aliphatic rings. The Bertz CT molecular complexity index is 1540. The molecule has 2 fully saturated rings. The lowest BCUT2D eigenvalue weighted by atomic mass is 9.74. The summed E-state index contributed by atoms with van der Waals surface area (Å²) in [5.74, 6) is -0.975. The van der Waals surface area contributed by atoms with Crippen molar-refractivity contribution < 1.29 is 24.2 Å². The summed E-state index contributed by atoms with van der Waals surface area (Å²) in [6.45, 7) is 9.84. The maximum Gasteiger partial charge on any atom is 0.251 e. The number of aliphatic hydroxyl groups is 1. The molecule has 0 aromatic heterocycles. The van der Waals surface area contributed by atoms with E-state index in [0.29, 0.717) is 39.1 Å². The van der Waals surface area contributed by atoms with Gasteiger partial charge in [-0.15, -0.1) is 11.8 Å². The summed E-state index contributed by atoms with van der Waals surface area (Å²) < 4.78 is 4.03. The lowest BCUT2D eigenvalue weighted by Crippen LogP contribution is -2.53. The Morgan fingerprint density at radius 1 is 0.889 bits per heavy atom. The molecular weight excluding hydrogens is 586 g/mol. The molecule has 8 nitrogen and oxygen atoms in total. The summed E-state index contributed by atoms with van der Waals surface area (Å²) in [4.78, 5) is 49.5. The van der Waals surface area contributed by atoms with Crippen LogP contribution >= 0.6 is 11.8 Å². The molecular formula is C36H43N3O5S. The number of nitrogens with zero attached hydrogens (tertiary/aromatic N) is 3. The van der Waals surface area contributed by atoms with Gasteiger partial charge in [0.2, 0.25) is 11.8 Å². The number of carbonyl (C=O) groups excluding carboxylic acids is 3. The van der Waals surface area contributed by atoms with E-state index in [1.54, 1.807) is 21.6 Å². The molecule has 0 bridgehead atoms. The first-order valence-electron chi connectivity index (χ1n) is 16.0. The Morgan fingerprint density at radius 2 is 1.62 bits per heavy atom. The summed E-state index contributed by atoms with van der Waals surface area (Å²) in [6, 6.07) is 12.9. The maximum atomic E-state index is 14.8. The lowest BCUT2D eigenvalue weighted by molar-refractivity contribution is -0.139. The molecule has 0 aliphatic carbocycles. The van der Waals surface area contributed by atoms with Crippen molar-refractivity contribution in [3.8, 4) is 5.75 Å². The Hall–Kier alpha value is -3.56. The fraction of sp³-hybridized carbons (Fsp3) is 0.472. The van der Waals surface area contributed by atoms with Gasteiger partial charge in [-0.05, 0) is 88.4 Å². The zero-order valence-electron chi connectivity index (χ0n) is 26.6. The van der Waals surface area contributed by atoms with E-state index >= 15 is 0 Å². The predicted octanol–water partition coefficient (Wildman–Crippen LogP) is 5.06. The molecule has 1 N–H and O–H groups in total. The molecule has 6 rings (SSSR count). The number of rotatable bonds is 9. The number of carbonyl (C=O) groups is 3. The van der Waals surface area contributed by atoms with Gasteiger partial charge in [0.15, 0.2) is 0 Å². The predicted molar refractivity (Wildman–Crippen MR) is 179 cm³/mol. The van der Waals surface area contributed by atoms with Gasteiger partial charge in [-0.1, -0.05) is 36.4 Å². The first-order valence-corrected chi connectivity index (χ1v) is 16.9. The molecule has 4 aliphatic heterocycles. The molecule has 0 radical (unpaired) electrons. The molecule has 2 aromatic rings. The van der Waals surface area contributed by atoms with E-state index < -0.39 is 27.4 Å². The molecule has 45 heavy (non-hydrogen) atoms. The molecule has 2 saturated heterocycles. The summed E-state index contributed by atoms with van der Waals surface area (Å²) in [6.07, 6.45) is 10.3. The van der Waals surface area contributed by atoms with E-state index in [-0.39, 0.29) is 24.3 Å². The number of benzene rings is 2. The van der Waals surface area contributed by atoms with Gasteiger partial charge < -0.3 is 24.5 Å². The highest BCUT2D eigenvalue weighted by Crippen LogP contribution is 2.65. The quantitative estimate of drug-likeness (QED) is 0.308. The van der Waals surface area contributed by atoms with Crippen LogP contribution in [-0.4, -0.2) is 76.1 Å². The minimum Gasteiger partial charge on any atom is -0.494 e. The highest BCUT2D eigenvalue weighted by Gasteiger charge is 2.74. The van der Waals surface area contributed by atoms with Crippen molar-refractivity contribution in [1.29, 1.82) is 0 Å². The van der Waals surface area contributed by atoms with Gasteiger partial charge >= 0.3 is 0 Å². The van der Waals surface area contributed by atoms with E-state index in [2.05, 4.69) is 12.2 Å². The topological polar surface area (TPSA) is 90.4 Å². The number of unbranched alkanes of at least 4 members (excludes halogenated alkanes) is 2. The van der Waals surface area contributed by atoms with E-state index in [9.17, 15) is 19.5 Å². The van der Waals surface area contributed by atoms with Crippen molar-refractivity contribution >= 4 is 40.9 Å². The molecule has 0 saturated carbocycles. The summed E-state index contributed by atoms with van der Waals surface area (Å²) in [5, 5.41) is 9.38. The zero-order valence-corrected chi connectivity index (χ0v) is 27.4. The molecule has 4 heterocycles. The summed E-state index contributed by atoms with van der Waals surface area (Å²) >= 11 is 1.60. The van der Waals surface area contributed by atoms with Gasteiger partial charge in [0.25, 0.3) is 5.91 Å². The third-order valence-electron chi connectivity index (χ3n) is 9.73. The highest BCUT2D eigenvalue weighted by molar-refractivity contribution is 8.02. The van der Waals surface area contributed by atoms with E-state index in [4.69, 9.17) is 4.74 Å². The van der Waals surface area contributed by atoms with E-state index in [1.165, 1.54) is 0 Å². The number of thioether (sulfide) groups is 1. The minimum absolute atomic E-state index is 0.0878. The Balaban J connectivity index is 1.42. The van der Waals surface area contributed by atoms with Gasteiger partial charge in [-0.25, -0.2) is 0 Å². The SMILES string of the molecule is CCOc1ccc(N2CC=C[C@@]3(C)S[C@]45C=CCN(c6cc(C)ccc6C)C(=O)C4N(CCCCCO)C(=O)[C@@H]5[C@H]3C2=O)cc1. The van der Waals surface area contributed by atoms with Crippen LogP contribution in [0.1, 0.15) is 44.2 Å². The third kappa shape index (κ3) is 5.27. The molecule has 1 unspecified atom stereocenters. The number of aliphatic hydroxyl groups excluding tert-OH is 1. The Kier molecular flexibility index (Phi) is 8.61.